The van der Waals surface area contributed by atoms with Gasteiger partial charge in [-0.2, -0.15) is 5.10 Å². The summed E-state index contributed by atoms with van der Waals surface area (Å²) in [6.07, 6.45) is 6.95. The van der Waals surface area contributed by atoms with Gasteiger partial charge in [0.05, 0.1) is 17.4 Å². The monoisotopic (exact) mass is 310 g/mol. The van der Waals surface area contributed by atoms with Crippen molar-refractivity contribution < 1.29 is 4.79 Å². The first-order valence-corrected chi connectivity index (χ1v) is 7.84. The van der Waals surface area contributed by atoms with E-state index in [-0.39, 0.29) is 5.91 Å². The second-order valence-electron chi connectivity index (χ2n) is 5.99. The topological polar surface area (TPSA) is 79.7 Å². The van der Waals surface area contributed by atoms with Gasteiger partial charge in [0.1, 0.15) is 12.7 Å². The number of benzene rings is 1. The van der Waals surface area contributed by atoms with E-state index in [0.29, 0.717) is 5.92 Å². The lowest BCUT2D eigenvalue weighted by molar-refractivity contribution is 0.0681. The minimum absolute atomic E-state index is 0.0979. The van der Waals surface area contributed by atoms with Crippen LogP contribution in [-0.4, -0.2) is 48.6 Å². The number of rotatable bonds is 3. The molecule has 0 atom stereocenters. The van der Waals surface area contributed by atoms with Crippen LogP contribution in [0, 0.1) is 5.92 Å². The lowest BCUT2D eigenvalue weighted by Gasteiger charge is -2.32. The van der Waals surface area contributed by atoms with Crippen LogP contribution in [0.15, 0.2) is 37.2 Å². The Morgan fingerprint density at radius 1 is 1.30 bits per heavy atom. The molecule has 1 aromatic carbocycles. The third-order valence-corrected chi connectivity index (χ3v) is 4.48. The van der Waals surface area contributed by atoms with Gasteiger partial charge in [-0.1, -0.05) is 0 Å². The van der Waals surface area contributed by atoms with Gasteiger partial charge in [-0.25, -0.2) is 9.97 Å². The van der Waals surface area contributed by atoms with E-state index in [1.54, 1.807) is 19.0 Å². The predicted octanol–water partition coefficient (Wildman–Crippen LogP) is 1.71. The number of fused-ring (bicyclic) bond motifs is 1. The lowest BCUT2D eigenvalue weighted by atomic mass is 9.96. The van der Waals surface area contributed by atoms with Crippen LogP contribution in [0.2, 0.25) is 0 Å². The number of hydrogen-bond acceptors (Lipinski definition) is 4. The minimum atomic E-state index is 0.0979. The number of hydrogen-bond donors (Lipinski definition) is 1. The summed E-state index contributed by atoms with van der Waals surface area (Å²) in [6, 6.07) is 5.62. The van der Waals surface area contributed by atoms with Crippen LogP contribution >= 0.6 is 0 Å². The highest BCUT2D eigenvalue weighted by Gasteiger charge is 2.24. The number of carbonyl (C=O) groups excluding carboxylic acids is 1. The molecule has 1 aliphatic rings. The fraction of sp³-hybridized carbons (Fsp3) is 0.375. The molecule has 1 fully saturated rings. The molecule has 0 spiro atoms. The number of likely N-dealkylation sites (tertiary alicyclic amines) is 1. The summed E-state index contributed by atoms with van der Waals surface area (Å²) in [5.41, 5.74) is 2.50. The summed E-state index contributed by atoms with van der Waals surface area (Å²) in [5, 5.41) is 4.15. The summed E-state index contributed by atoms with van der Waals surface area (Å²) >= 11 is 0. The van der Waals surface area contributed by atoms with Crippen LogP contribution in [0.1, 0.15) is 23.2 Å². The third-order valence-electron chi connectivity index (χ3n) is 4.48. The van der Waals surface area contributed by atoms with Crippen LogP contribution < -0.4 is 0 Å². The number of nitrogens with zero attached hydrogens (tertiary/aromatic N) is 5. The van der Waals surface area contributed by atoms with Crippen LogP contribution in [0.3, 0.4) is 0 Å². The van der Waals surface area contributed by atoms with Gasteiger partial charge in [0.2, 0.25) is 0 Å². The van der Waals surface area contributed by atoms with Gasteiger partial charge in [-0.15, -0.1) is 0 Å². The van der Waals surface area contributed by atoms with Crippen LogP contribution in [0.25, 0.3) is 11.0 Å². The van der Waals surface area contributed by atoms with Gasteiger partial charge in [-0.3, -0.25) is 9.48 Å². The normalized spacial score (nSPS) is 16.1. The Kier molecular flexibility index (Phi) is 3.53. The highest BCUT2D eigenvalue weighted by Crippen LogP contribution is 2.21. The maximum absolute atomic E-state index is 12.7. The second kappa shape index (κ2) is 5.83. The summed E-state index contributed by atoms with van der Waals surface area (Å²) in [4.78, 5) is 25.8. The van der Waals surface area contributed by atoms with E-state index in [9.17, 15) is 4.79 Å². The molecular weight excluding hydrogens is 292 g/mol. The van der Waals surface area contributed by atoms with Crippen LogP contribution in [0.5, 0.6) is 0 Å². The maximum atomic E-state index is 12.7. The zero-order valence-corrected chi connectivity index (χ0v) is 12.7. The molecule has 118 valence electrons. The molecule has 1 saturated heterocycles. The average molecular weight is 310 g/mol. The minimum Gasteiger partial charge on any atom is -0.345 e. The molecule has 7 nitrogen and oxygen atoms in total. The number of nitrogens with one attached hydrogen (secondary N) is 1. The number of amides is 1. The highest BCUT2D eigenvalue weighted by molar-refractivity contribution is 5.97. The van der Waals surface area contributed by atoms with Crippen molar-refractivity contribution in [2.24, 2.45) is 5.92 Å². The predicted molar refractivity (Wildman–Crippen MR) is 84.7 cm³/mol. The molecule has 1 amide bonds. The van der Waals surface area contributed by atoms with Crippen molar-refractivity contribution in [3.05, 3.63) is 42.7 Å². The van der Waals surface area contributed by atoms with Gasteiger partial charge < -0.3 is 9.88 Å². The quantitative estimate of drug-likeness (QED) is 0.798. The fourth-order valence-corrected chi connectivity index (χ4v) is 3.16. The second-order valence-corrected chi connectivity index (χ2v) is 5.99. The van der Waals surface area contributed by atoms with Crippen molar-refractivity contribution in [1.29, 1.82) is 0 Å². The van der Waals surface area contributed by atoms with Gasteiger partial charge in [0, 0.05) is 25.2 Å². The van der Waals surface area contributed by atoms with Crippen molar-refractivity contribution in [2.45, 2.75) is 19.4 Å². The summed E-state index contributed by atoms with van der Waals surface area (Å²) in [6.45, 7) is 2.46. The van der Waals surface area contributed by atoms with E-state index in [1.165, 1.54) is 0 Å². The first-order chi connectivity index (χ1) is 11.3. The number of piperidine rings is 1. The zero-order valence-electron chi connectivity index (χ0n) is 12.7. The summed E-state index contributed by atoms with van der Waals surface area (Å²) in [7, 11) is 0. The Balaban J connectivity index is 1.40. The Morgan fingerprint density at radius 3 is 2.96 bits per heavy atom. The smallest absolute Gasteiger partial charge is 0.253 e. The standard InChI is InChI=1S/C16H18N6O/c23-16(13-1-2-14-15(7-13)19-10-18-14)21-5-3-12(4-6-21)8-22-11-17-9-20-22/h1-2,7,9-12H,3-6,8H2,(H,18,19). The Morgan fingerprint density at radius 2 is 2.17 bits per heavy atom. The van der Waals surface area contributed by atoms with E-state index in [2.05, 4.69) is 20.1 Å². The number of aromatic amines is 1. The van der Waals surface area contributed by atoms with Crippen molar-refractivity contribution in [3.63, 3.8) is 0 Å². The molecule has 3 heterocycles. The molecule has 23 heavy (non-hydrogen) atoms. The first kappa shape index (κ1) is 13.9. The van der Waals surface area contributed by atoms with E-state index in [0.717, 1.165) is 49.1 Å². The fourth-order valence-electron chi connectivity index (χ4n) is 3.16. The molecule has 0 unspecified atom stereocenters. The van der Waals surface area contributed by atoms with Gasteiger partial charge in [-0.05, 0) is 37.0 Å². The summed E-state index contributed by atoms with van der Waals surface area (Å²) < 4.78 is 1.87. The molecule has 1 aliphatic heterocycles. The molecular formula is C16H18N6O. The van der Waals surface area contributed by atoms with Crippen LogP contribution in [0.4, 0.5) is 0 Å². The number of aromatic nitrogens is 5. The zero-order chi connectivity index (χ0) is 15.6. The Bertz CT molecular complexity index is 801. The van der Waals surface area contributed by atoms with Crippen molar-refractivity contribution in [3.8, 4) is 0 Å². The van der Waals surface area contributed by atoms with Gasteiger partial charge in [0.15, 0.2) is 0 Å². The van der Waals surface area contributed by atoms with Crippen molar-refractivity contribution >= 4 is 16.9 Å². The van der Waals surface area contributed by atoms with E-state index < -0.39 is 0 Å². The number of carbonyl (C=O) groups is 1. The lowest BCUT2D eigenvalue weighted by Crippen LogP contribution is -2.39. The molecule has 3 aromatic rings. The number of H-pyrrole nitrogens is 1. The molecule has 0 bridgehead atoms. The molecule has 0 aliphatic carbocycles. The largest absolute Gasteiger partial charge is 0.345 e. The van der Waals surface area contributed by atoms with E-state index >= 15 is 0 Å². The first-order valence-electron chi connectivity index (χ1n) is 7.84. The molecule has 4 rings (SSSR count). The third kappa shape index (κ3) is 2.81. The molecule has 1 N–H and O–H groups in total. The molecule has 7 heteroatoms. The highest BCUT2D eigenvalue weighted by atomic mass is 16.2. The van der Waals surface area contributed by atoms with Gasteiger partial charge >= 0.3 is 0 Å². The average Bonchev–Trinajstić information content (AvgIpc) is 3.25. The SMILES string of the molecule is O=C(c1ccc2nc[nH]c2c1)N1CCC(Cn2cncn2)CC1. The van der Waals surface area contributed by atoms with E-state index in [1.807, 2.05) is 27.8 Å². The Hall–Kier alpha value is -2.70. The van der Waals surface area contributed by atoms with Crippen molar-refractivity contribution in [2.75, 3.05) is 13.1 Å². The molecule has 0 saturated carbocycles. The van der Waals surface area contributed by atoms with Crippen molar-refractivity contribution in [1.82, 2.24) is 29.6 Å². The van der Waals surface area contributed by atoms with Crippen LogP contribution in [-0.2, 0) is 6.54 Å². The van der Waals surface area contributed by atoms with Gasteiger partial charge in [0.25, 0.3) is 5.91 Å². The molecule has 2 aromatic heterocycles. The van der Waals surface area contributed by atoms with E-state index in [4.69, 9.17) is 0 Å². The number of imidazole rings is 1. The Labute approximate surface area is 133 Å². The maximum Gasteiger partial charge on any atom is 0.253 e. The summed E-state index contributed by atoms with van der Waals surface area (Å²) in [5.74, 6) is 0.650. The molecule has 0 radical (unpaired) electrons.